The van der Waals surface area contributed by atoms with Crippen LogP contribution in [0, 0.1) is 0 Å². The van der Waals surface area contributed by atoms with Crippen molar-refractivity contribution < 1.29 is 9.53 Å². The second kappa shape index (κ2) is 8.35. The van der Waals surface area contributed by atoms with Gasteiger partial charge in [0.1, 0.15) is 0 Å². The number of anilines is 1. The van der Waals surface area contributed by atoms with E-state index in [1.165, 1.54) is 5.56 Å². The molecule has 1 N–H and O–H groups in total. The first-order chi connectivity index (χ1) is 11.7. The molecule has 2 aromatic rings. The van der Waals surface area contributed by atoms with Crippen LogP contribution in [0.2, 0.25) is 0 Å². The normalized spacial score (nSPS) is 18.5. The van der Waals surface area contributed by atoms with Crippen molar-refractivity contribution in [2.75, 3.05) is 11.9 Å². The summed E-state index contributed by atoms with van der Waals surface area (Å²) in [6, 6.07) is 10.2. The highest BCUT2D eigenvalue weighted by Gasteiger charge is 2.17. The van der Waals surface area contributed by atoms with Crippen molar-refractivity contribution in [2.24, 2.45) is 0 Å². The summed E-state index contributed by atoms with van der Waals surface area (Å²) in [5, 5.41) is 7.12. The fraction of sp³-hybridized carbons (Fsp3) is 0.444. The highest BCUT2D eigenvalue weighted by Crippen LogP contribution is 2.19. The van der Waals surface area contributed by atoms with Crippen molar-refractivity contribution in [3.63, 3.8) is 0 Å². The Bertz CT molecular complexity index is 653. The first-order valence-corrected chi connectivity index (χ1v) is 9.36. The summed E-state index contributed by atoms with van der Waals surface area (Å²) in [7, 11) is 0. The number of thioether (sulfide) groups is 1. The molecule has 0 saturated carbocycles. The van der Waals surface area contributed by atoms with Gasteiger partial charge in [0.15, 0.2) is 0 Å². The topological polar surface area (TPSA) is 56.2 Å². The lowest BCUT2D eigenvalue weighted by atomic mass is 10.2. The van der Waals surface area contributed by atoms with Gasteiger partial charge >= 0.3 is 0 Å². The maximum atomic E-state index is 12.3. The minimum atomic E-state index is -0.119. The van der Waals surface area contributed by atoms with Gasteiger partial charge in [0.05, 0.1) is 29.8 Å². The third-order valence-electron chi connectivity index (χ3n) is 4.03. The van der Waals surface area contributed by atoms with E-state index in [0.29, 0.717) is 0 Å². The molecule has 128 valence electrons. The molecule has 2 unspecified atom stereocenters. The van der Waals surface area contributed by atoms with Crippen LogP contribution in [0.15, 0.2) is 42.7 Å². The Morgan fingerprint density at radius 1 is 1.46 bits per heavy atom. The first kappa shape index (κ1) is 17.0. The largest absolute Gasteiger partial charge is 0.376 e. The Hall–Kier alpha value is -1.79. The Balaban J connectivity index is 1.46. The van der Waals surface area contributed by atoms with Gasteiger partial charge in [0.2, 0.25) is 5.91 Å². The average molecular weight is 345 g/mol. The minimum absolute atomic E-state index is 0.00703. The molecule has 0 spiro atoms. The standard InChI is InChI=1S/C18H23N3O2S/c1-14(24-13-15-6-3-2-4-7-15)18(22)20-16-10-19-21(11-16)12-17-8-5-9-23-17/h2-4,6-7,10-11,14,17H,5,8-9,12-13H2,1H3,(H,20,22). The van der Waals surface area contributed by atoms with Crippen LogP contribution < -0.4 is 5.32 Å². The monoisotopic (exact) mass is 345 g/mol. The molecular formula is C18H23N3O2S. The van der Waals surface area contributed by atoms with Crippen LogP contribution in [0.1, 0.15) is 25.3 Å². The molecule has 1 aromatic carbocycles. The van der Waals surface area contributed by atoms with Crippen molar-refractivity contribution in [2.45, 2.75) is 43.4 Å². The lowest BCUT2D eigenvalue weighted by molar-refractivity contribution is -0.115. The van der Waals surface area contributed by atoms with Crippen LogP contribution in [-0.2, 0) is 21.8 Å². The summed E-state index contributed by atoms with van der Waals surface area (Å²) in [5.41, 5.74) is 1.97. The predicted octanol–water partition coefficient (Wildman–Crippen LogP) is 3.32. The van der Waals surface area contributed by atoms with Crippen LogP contribution in [-0.4, -0.2) is 33.6 Å². The number of hydrogen-bond acceptors (Lipinski definition) is 4. The summed E-state index contributed by atoms with van der Waals surface area (Å²) in [4.78, 5) is 12.3. The van der Waals surface area contributed by atoms with Gasteiger partial charge in [0.25, 0.3) is 0 Å². The zero-order valence-electron chi connectivity index (χ0n) is 13.9. The number of aromatic nitrogens is 2. The number of nitrogens with one attached hydrogen (secondary N) is 1. The van der Waals surface area contributed by atoms with Crippen LogP contribution in [0.3, 0.4) is 0 Å². The molecule has 24 heavy (non-hydrogen) atoms. The van der Waals surface area contributed by atoms with E-state index < -0.39 is 0 Å². The van der Waals surface area contributed by atoms with Gasteiger partial charge in [-0.15, -0.1) is 11.8 Å². The summed E-state index contributed by atoms with van der Waals surface area (Å²) in [6.07, 6.45) is 6.00. The summed E-state index contributed by atoms with van der Waals surface area (Å²) in [6.45, 7) is 3.51. The Morgan fingerprint density at radius 3 is 3.04 bits per heavy atom. The van der Waals surface area contributed by atoms with E-state index in [2.05, 4.69) is 22.5 Å². The second-order valence-corrected chi connectivity index (χ2v) is 7.34. The number of carbonyl (C=O) groups is 1. The van der Waals surface area contributed by atoms with E-state index in [1.807, 2.05) is 36.0 Å². The minimum Gasteiger partial charge on any atom is -0.376 e. The molecule has 5 nitrogen and oxygen atoms in total. The number of hydrogen-bond donors (Lipinski definition) is 1. The smallest absolute Gasteiger partial charge is 0.237 e. The molecule has 1 aliphatic rings. The molecule has 0 aliphatic carbocycles. The van der Waals surface area contributed by atoms with Crippen molar-refractivity contribution in [3.8, 4) is 0 Å². The molecule has 1 fully saturated rings. The fourth-order valence-electron chi connectivity index (χ4n) is 2.64. The van der Waals surface area contributed by atoms with E-state index in [1.54, 1.807) is 18.0 Å². The van der Waals surface area contributed by atoms with Gasteiger partial charge in [-0.25, -0.2) is 0 Å². The lowest BCUT2D eigenvalue weighted by Crippen LogP contribution is -2.22. The second-order valence-electron chi connectivity index (χ2n) is 6.01. The number of nitrogens with zero attached hydrogens (tertiary/aromatic N) is 2. The van der Waals surface area contributed by atoms with Crippen LogP contribution >= 0.6 is 11.8 Å². The van der Waals surface area contributed by atoms with Gasteiger partial charge < -0.3 is 10.1 Å². The van der Waals surface area contributed by atoms with Gasteiger partial charge in [-0.1, -0.05) is 30.3 Å². The third kappa shape index (κ3) is 4.85. The van der Waals surface area contributed by atoms with E-state index in [0.717, 1.165) is 37.4 Å². The first-order valence-electron chi connectivity index (χ1n) is 8.31. The molecular weight excluding hydrogens is 322 g/mol. The Labute approximate surface area is 146 Å². The SMILES string of the molecule is CC(SCc1ccccc1)C(=O)Nc1cnn(CC2CCCO2)c1. The summed E-state index contributed by atoms with van der Waals surface area (Å²) in [5.74, 6) is 0.834. The van der Waals surface area contributed by atoms with Crippen LogP contribution in [0.25, 0.3) is 0 Å². The molecule has 1 amide bonds. The maximum Gasteiger partial charge on any atom is 0.237 e. The number of rotatable bonds is 7. The molecule has 0 bridgehead atoms. The zero-order valence-corrected chi connectivity index (χ0v) is 14.7. The lowest BCUT2D eigenvalue weighted by Gasteiger charge is -2.11. The Kier molecular flexibility index (Phi) is 5.93. The molecule has 2 heterocycles. The van der Waals surface area contributed by atoms with Gasteiger partial charge in [-0.3, -0.25) is 9.48 Å². The van der Waals surface area contributed by atoms with E-state index in [4.69, 9.17) is 4.74 Å². The molecule has 0 radical (unpaired) electrons. The van der Waals surface area contributed by atoms with Crippen LogP contribution in [0.4, 0.5) is 5.69 Å². The van der Waals surface area contributed by atoms with Gasteiger partial charge in [-0.2, -0.15) is 5.10 Å². The molecule has 1 aliphatic heterocycles. The molecule has 3 rings (SSSR count). The quantitative estimate of drug-likeness (QED) is 0.836. The van der Waals surface area contributed by atoms with E-state index in [9.17, 15) is 4.79 Å². The molecule has 2 atom stereocenters. The highest BCUT2D eigenvalue weighted by molar-refractivity contribution is 7.99. The van der Waals surface area contributed by atoms with Gasteiger partial charge in [0, 0.05) is 18.6 Å². The third-order valence-corrected chi connectivity index (χ3v) is 5.24. The fourth-order valence-corrected chi connectivity index (χ4v) is 3.49. The summed E-state index contributed by atoms with van der Waals surface area (Å²) >= 11 is 1.63. The number of amides is 1. The Morgan fingerprint density at radius 2 is 2.29 bits per heavy atom. The van der Waals surface area contributed by atoms with Crippen molar-refractivity contribution in [1.82, 2.24) is 9.78 Å². The highest BCUT2D eigenvalue weighted by atomic mass is 32.2. The molecule has 1 aromatic heterocycles. The molecule has 1 saturated heterocycles. The predicted molar refractivity (Wildman–Crippen MR) is 97.0 cm³/mol. The van der Waals surface area contributed by atoms with E-state index in [-0.39, 0.29) is 17.3 Å². The number of carbonyl (C=O) groups excluding carboxylic acids is 1. The maximum absolute atomic E-state index is 12.3. The van der Waals surface area contributed by atoms with Crippen molar-refractivity contribution in [1.29, 1.82) is 0 Å². The van der Waals surface area contributed by atoms with Crippen molar-refractivity contribution in [3.05, 3.63) is 48.3 Å². The van der Waals surface area contributed by atoms with Gasteiger partial charge in [-0.05, 0) is 25.3 Å². The molecule has 6 heteroatoms. The zero-order chi connectivity index (χ0) is 16.8. The van der Waals surface area contributed by atoms with Crippen molar-refractivity contribution >= 4 is 23.4 Å². The van der Waals surface area contributed by atoms with E-state index >= 15 is 0 Å². The number of ether oxygens (including phenoxy) is 1. The average Bonchev–Trinajstić information content (AvgIpc) is 3.26. The summed E-state index contributed by atoms with van der Waals surface area (Å²) < 4.78 is 7.45. The number of benzene rings is 1. The van der Waals surface area contributed by atoms with Crippen LogP contribution in [0.5, 0.6) is 0 Å².